The van der Waals surface area contributed by atoms with Crippen LogP contribution in [-0.4, -0.2) is 17.9 Å². The first kappa shape index (κ1) is 12.8. The molecule has 0 aliphatic heterocycles. The average Bonchev–Trinajstić information content (AvgIpc) is 2.02. The molecule has 0 bridgehead atoms. The van der Waals surface area contributed by atoms with E-state index in [4.69, 9.17) is 28.5 Å². The van der Waals surface area contributed by atoms with Crippen LogP contribution in [0.1, 0.15) is 20.3 Å². The van der Waals surface area contributed by atoms with Gasteiger partial charge in [0, 0.05) is 5.75 Å². The van der Waals surface area contributed by atoms with Crippen LogP contribution in [0.25, 0.3) is 0 Å². The predicted molar refractivity (Wildman–Crippen MR) is 65.5 cm³/mol. The monoisotopic (exact) mass is 243 g/mol. The highest BCUT2D eigenvalue weighted by atomic mass is 32.9. The molecule has 0 radical (unpaired) electrons. The Hall–Kier alpha value is 0.850. The fraction of sp³-hybridized carbons (Fsp3) is 0.833. The molecule has 0 rings (SSSR count). The van der Waals surface area contributed by atoms with Crippen molar-refractivity contribution in [2.24, 2.45) is 0 Å². The number of rotatable bonds is 7. The van der Waals surface area contributed by atoms with Gasteiger partial charge in [-0.3, -0.25) is 0 Å². The highest BCUT2D eigenvalue weighted by Gasteiger charge is 2.14. The Bertz CT molecular complexity index is 176. The van der Waals surface area contributed by atoms with Crippen molar-refractivity contribution >= 4 is 46.5 Å². The van der Waals surface area contributed by atoms with E-state index in [0.717, 1.165) is 12.2 Å². The van der Waals surface area contributed by atoms with Crippen LogP contribution in [-0.2, 0) is 16.3 Å². The van der Waals surface area contributed by atoms with E-state index in [0.29, 0.717) is 6.61 Å². The number of hydrogen-bond donors (Lipinski definition) is 1. The summed E-state index contributed by atoms with van der Waals surface area (Å²) in [7, 11) is 0. The Morgan fingerprint density at radius 2 is 2.25 bits per heavy atom. The zero-order valence-electron chi connectivity index (χ0n) is 7.28. The molecule has 0 aromatic heterocycles. The molecule has 0 saturated carbocycles. The SMILES string of the molecule is CCCSP(=S)(NC=S)OCC. The van der Waals surface area contributed by atoms with E-state index in [-0.39, 0.29) is 0 Å². The Morgan fingerprint density at radius 1 is 1.58 bits per heavy atom. The van der Waals surface area contributed by atoms with Gasteiger partial charge < -0.3 is 9.61 Å². The van der Waals surface area contributed by atoms with Crippen molar-refractivity contribution in [2.45, 2.75) is 20.3 Å². The van der Waals surface area contributed by atoms with Gasteiger partial charge in [-0.15, -0.1) is 0 Å². The topological polar surface area (TPSA) is 21.3 Å². The molecule has 1 unspecified atom stereocenters. The number of hydrogen-bond acceptors (Lipinski definition) is 4. The van der Waals surface area contributed by atoms with Crippen molar-refractivity contribution in [1.29, 1.82) is 0 Å². The molecule has 0 saturated heterocycles. The van der Waals surface area contributed by atoms with E-state index in [1.165, 1.54) is 5.49 Å². The van der Waals surface area contributed by atoms with E-state index >= 15 is 0 Å². The summed E-state index contributed by atoms with van der Waals surface area (Å²) in [5, 5.41) is 2.95. The second-order valence-corrected chi connectivity index (χ2v) is 8.96. The van der Waals surface area contributed by atoms with Crippen molar-refractivity contribution in [1.82, 2.24) is 5.09 Å². The molecule has 6 heteroatoms. The molecule has 12 heavy (non-hydrogen) atoms. The highest BCUT2D eigenvalue weighted by Crippen LogP contribution is 2.55. The first-order valence-corrected chi connectivity index (χ1v) is 8.57. The van der Waals surface area contributed by atoms with Crippen LogP contribution in [0.15, 0.2) is 0 Å². The van der Waals surface area contributed by atoms with Gasteiger partial charge in [-0.1, -0.05) is 30.5 Å². The Balaban J connectivity index is 3.98. The largest absolute Gasteiger partial charge is 0.327 e. The first-order valence-electron chi connectivity index (χ1n) is 3.79. The fourth-order valence-corrected chi connectivity index (χ4v) is 5.85. The quantitative estimate of drug-likeness (QED) is 0.546. The summed E-state index contributed by atoms with van der Waals surface area (Å²) in [6, 6.07) is 0. The highest BCUT2D eigenvalue weighted by molar-refractivity contribution is 8.68. The van der Waals surface area contributed by atoms with Gasteiger partial charge in [-0.05, 0) is 25.2 Å². The molecule has 2 nitrogen and oxygen atoms in total. The molecule has 0 aliphatic rings. The van der Waals surface area contributed by atoms with Crippen LogP contribution in [0.5, 0.6) is 0 Å². The lowest BCUT2D eigenvalue weighted by Gasteiger charge is -2.19. The van der Waals surface area contributed by atoms with Gasteiger partial charge >= 0.3 is 0 Å². The van der Waals surface area contributed by atoms with Crippen LogP contribution in [0.4, 0.5) is 0 Å². The summed E-state index contributed by atoms with van der Waals surface area (Å²) in [5.74, 6) is 1.02. The lowest BCUT2D eigenvalue weighted by Crippen LogP contribution is -2.06. The normalized spacial score (nSPS) is 15.2. The summed E-state index contributed by atoms with van der Waals surface area (Å²) in [4.78, 5) is 0. The zero-order valence-corrected chi connectivity index (χ0v) is 10.6. The molecule has 0 heterocycles. The summed E-state index contributed by atoms with van der Waals surface area (Å²) in [6.45, 7) is 4.71. The van der Waals surface area contributed by atoms with Gasteiger partial charge in [0.05, 0.1) is 12.1 Å². The van der Waals surface area contributed by atoms with Crippen molar-refractivity contribution in [3.63, 3.8) is 0 Å². The van der Waals surface area contributed by atoms with Crippen molar-refractivity contribution in [2.75, 3.05) is 12.4 Å². The van der Waals surface area contributed by atoms with E-state index in [1.54, 1.807) is 11.4 Å². The van der Waals surface area contributed by atoms with Gasteiger partial charge in [0.2, 0.25) is 5.62 Å². The molecule has 72 valence electrons. The molecule has 1 atom stereocenters. The smallest absolute Gasteiger partial charge is 0.210 e. The Kier molecular flexibility index (Phi) is 7.79. The maximum absolute atomic E-state index is 5.45. The van der Waals surface area contributed by atoms with E-state index in [1.807, 2.05) is 6.92 Å². The second kappa shape index (κ2) is 7.27. The molecular weight excluding hydrogens is 229 g/mol. The van der Waals surface area contributed by atoms with Crippen LogP contribution in [0, 0.1) is 0 Å². The maximum atomic E-state index is 5.45. The number of nitrogens with one attached hydrogen (secondary N) is 1. The van der Waals surface area contributed by atoms with E-state index < -0.39 is 5.62 Å². The van der Waals surface area contributed by atoms with Gasteiger partial charge in [0.15, 0.2) is 0 Å². The van der Waals surface area contributed by atoms with E-state index in [2.05, 4.69) is 12.0 Å². The molecule has 0 amide bonds. The standard InChI is InChI=1S/C6H14NOPS3/c1-3-5-12-9(11,7-6-10)8-4-2/h6H,3-5H2,1-2H3,(H,7,10,11). The maximum Gasteiger partial charge on any atom is 0.210 e. The lowest BCUT2D eigenvalue weighted by molar-refractivity contribution is 0.383. The van der Waals surface area contributed by atoms with Crippen LogP contribution < -0.4 is 5.09 Å². The summed E-state index contributed by atoms with van der Waals surface area (Å²) >= 11 is 11.7. The summed E-state index contributed by atoms with van der Waals surface area (Å²) in [5.41, 5.74) is -0.438. The van der Waals surface area contributed by atoms with Gasteiger partial charge in [0.1, 0.15) is 0 Å². The van der Waals surface area contributed by atoms with Gasteiger partial charge in [0.25, 0.3) is 0 Å². The average molecular weight is 243 g/mol. The lowest BCUT2D eigenvalue weighted by atomic mass is 10.6. The fourth-order valence-electron chi connectivity index (χ4n) is 0.558. The molecule has 0 spiro atoms. The van der Waals surface area contributed by atoms with Crippen molar-refractivity contribution in [3.8, 4) is 0 Å². The molecule has 1 N–H and O–H groups in total. The molecule has 0 fully saturated rings. The molecular formula is C6H14NOPS3. The van der Waals surface area contributed by atoms with Crippen LogP contribution in [0.2, 0.25) is 0 Å². The number of thiocarbonyl (C=S) groups is 1. The summed E-state index contributed by atoms with van der Waals surface area (Å²) < 4.78 is 5.45. The molecule has 0 aromatic rings. The van der Waals surface area contributed by atoms with Crippen molar-refractivity contribution in [3.05, 3.63) is 0 Å². The van der Waals surface area contributed by atoms with Gasteiger partial charge in [-0.2, -0.15) is 0 Å². The third kappa shape index (κ3) is 5.49. The Labute approximate surface area is 88.7 Å². The third-order valence-corrected chi connectivity index (χ3v) is 7.02. The molecule has 0 aliphatic carbocycles. The molecule has 0 aromatic carbocycles. The van der Waals surface area contributed by atoms with Crippen LogP contribution in [0.3, 0.4) is 0 Å². The third-order valence-electron chi connectivity index (χ3n) is 0.975. The Morgan fingerprint density at radius 3 is 2.67 bits per heavy atom. The van der Waals surface area contributed by atoms with E-state index in [9.17, 15) is 0 Å². The second-order valence-electron chi connectivity index (χ2n) is 2.00. The minimum absolute atomic E-state index is 0.643. The minimum atomic E-state index is -1.90. The summed E-state index contributed by atoms with van der Waals surface area (Å²) in [6.07, 6.45) is 1.11. The predicted octanol–water partition coefficient (Wildman–Crippen LogP) is 2.94. The first-order chi connectivity index (χ1) is 5.68. The van der Waals surface area contributed by atoms with Gasteiger partial charge in [-0.25, -0.2) is 0 Å². The minimum Gasteiger partial charge on any atom is -0.327 e. The van der Waals surface area contributed by atoms with Crippen LogP contribution >= 0.6 is 29.2 Å². The van der Waals surface area contributed by atoms with Crippen molar-refractivity contribution < 1.29 is 4.52 Å². The zero-order chi connectivity index (χ0) is 9.45.